The molecule has 0 spiro atoms. The predicted octanol–water partition coefficient (Wildman–Crippen LogP) is 2.22. The zero-order chi connectivity index (χ0) is 11.8. The molecule has 0 atom stereocenters. The summed E-state index contributed by atoms with van der Waals surface area (Å²) in [5.41, 5.74) is 0. The minimum atomic E-state index is -0.952. The molecule has 0 aromatic heterocycles. The molecule has 0 heterocycles. The molecule has 1 rings (SSSR count). The molecule has 0 radical (unpaired) electrons. The summed E-state index contributed by atoms with van der Waals surface area (Å²) in [6.45, 7) is 1.58. The van der Waals surface area contributed by atoms with E-state index in [0.717, 1.165) is 13.0 Å². The van der Waals surface area contributed by atoms with Crippen LogP contribution in [-0.2, 0) is 4.79 Å². The second-order valence-electron chi connectivity index (χ2n) is 4.23. The third-order valence-corrected chi connectivity index (χ3v) is 3.29. The maximum absolute atomic E-state index is 11.0. The Labute approximate surface area is 107 Å². The largest absolute Gasteiger partial charge is 0.354 e. The van der Waals surface area contributed by atoms with E-state index in [9.17, 15) is 4.79 Å². The average Bonchev–Trinajstić information content (AvgIpc) is 2.29. The Morgan fingerprint density at radius 2 is 1.88 bits per heavy atom. The van der Waals surface area contributed by atoms with Gasteiger partial charge in [-0.15, -0.1) is 0 Å². The van der Waals surface area contributed by atoms with Crippen molar-refractivity contribution in [1.29, 1.82) is 0 Å². The predicted molar refractivity (Wildman–Crippen MR) is 68.0 cm³/mol. The van der Waals surface area contributed by atoms with Crippen molar-refractivity contribution in [2.24, 2.45) is 0 Å². The summed E-state index contributed by atoms with van der Waals surface area (Å²) in [5, 5.41) is 6.18. The van der Waals surface area contributed by atoms with Crippen molar-refractivity contribution in [1.82, 2.24) is 10.6 Å². The number of carbonyl (C=O) groups is 1. The lowest BCUT2D eigenvalue weighted by molar-refractivity contribution is -0.119. The summed E-state index contributed by atoms with van der Waals surface area (Å²) < 4.78 is 0. The first-order valence-corrected chi connectivity index (χ1v) is 6.86. The van der Waals surface area contributed by atoms with E-state index in [2.05, 4.69) is 10.6 Å². The molecule has 0 bridgehead atoms. The Morgan fingerprint density at radius 1 is 1.19 bits per heavy atom. The van der Waals surface area contributed by atoms with Gasteiger partial charge in [-0.3, -0.25) is 4.79 Å². The fourth-order valence-corrected chi connectivity index (χ4v) is 2.14. The molecule has 16 heavy (non-hydrogen) atoms. The highest BCUT2D eigenvalue weighted by molar-refractivity contribution is 6.53. The number of halogens is 2. The van der Waals surface area contributed by atoms with Crippen LogP contribution in [0.2, 0.25) is 0 Å². The first kappa shape index (κ1) is 14.1. The monoisotopic (exact) mass is 266 g/mol. The molecule has 1 aliphatic rings. The van der Waals surface area contributed by atoms with E-state index in [1.807, 2.05) is 0 Å². The van der Waals surface area contributed by atoms with Gasteiger partial charge in [-0.2, -0.15) is 0 Å². The first-order valence-electron chi connectivity index (χ1n) is 5.99. The Balaban J connectivity index is 1.93. The van der Waals surface area contributed by atoms with Crippen LogP contribution in [-0.4, -0.2) is 29.9 Å². The summed E-state index contributed by atoms with van der Waals surface area (Å²) >= 11 is 10.8. The zero-order valence-electron chi connectivity index (χ0n) is 9.48. The van der Waals surface area contributed by atoms with Gasteiger partial charge in [-0.05, 0) is 25.8 Å². The van der Waals surface area contributed by atoms with Crippen LogP contribution in [0.15, 0.2) is 0 Å². The molecular weight excluding hydrogens is 247 g/mol. The topological polar surface area (TPSA) is 41.1 Å². The summed E-state index contributed by atoms with van der Waals surface area (Å²) in [6, 6.07) is 0.679. The fourth-order valence-electron chi connectivity index (χ4n) is 1.99. The van der Waals surface area contributed by atoms with Crippen LogP contribution >= 0.6 is 23.2 Å². The van der Waals surface area contributed by atoms with Crippen LogP contribution in [0.25, 0.3) is 0 Å². The van der Waals surface area contributed by atoms with Gasteiger partial charge in [-0.25, -0.2) is 0 Å². The number of alkyl halides is 2. The van der Waals surface area contributed by atoms with Gasteiger partial charge in [-0.1, -0.05) is 42.5 Å². The summed E-state index contributed by atoms with van der Waals surface area (Å²) in [5.74, 6) is -0.305. The van der Waals surface area contributed by atoms with Crippen LogP contribution in [0.1, 0.15) is 38.5 Å². The fraction of sp³-hybridized carbons (Fsp3) is 0.909. The van der Waals surface area contributed by atoms with Gasteiger partial charge in [0.2, 0.25) is 0 Å². The van der Waals surface area contributed by atoms with Crippen molar-refractivity contribution < 1.29 is 4.79 Å². The normalized spacial score (nSPS) is 17.7. The van der Waals surface area contributed by atoms with Gasteiger partial charge in [0.15, 0.2) is 4.84 Å². The minimum absolute atomic E-state index is 0.305. The van der Waals surface area contributed by atoms with Crippen LogP contribution in [0.3, 0.4) is 0 Å². The Bertz CT molecular complexity index is 206. The molecule has 94 valence electrons. The number of carbonyl (C=O) groups excluding carboxylic acids is 1. The Hall–Kier alpha value is 0.01000. The lowest BCUT2D eigenvalue weighted by atomic mass is 9.95. The van der Waals surface area contributed by atoms with Crippen molar-refractivity contribution in [2.75, 3.05) is 13.1 Å². The van der Waals surface area contributed by atoms with E-state index in [1.165, 1.54) is 32.1 Å². The molecule has 0 aromatic rings. The van der Waals surface area contributed by atoms with E-state index in [0.29, 0.717) is 12.6 Å². The Kier molecular flexibility index (Phi) is 7.17. The first-order chi connectivity index (χ1) is 7.70. The van der Waals surface area contributed by atoms with Crippen LogP contribution in [0, 0.1) is 0 Å². The molecule has 1 saturated carbocycles. The third-order valence-electron chi connectivity index (χ3n) is 2.89. The quantitative estimate of drug-likeness (QED) is 0.572. The summed E-state index contributed by atoms with van der Waals surface area (Å²) in [6.07, 6.45) is 7.56. The SMILES string of the molecule is O=C(NCCCNC1CCCCC1)C(Cl)Cl. The molecule has 0 aliphatic heterocycles. The molecule has 3 nitrogen and oxygen atoms in total. The molecule has 0 aromatic carbocycles. The molecule has 2 N–H and O–H groups in total. The second-order valence-corrected chi connectivity index (χ2v) is 5.33. The van der Waals surface area contributed by atoms with Crippen LogP contribution in [0.5, 0.6) is 0 Å². The number of hydrogen-bond donors (Lipinski definition) is 2. The molecule has 5 heteroatoms. The van der Waals surface area contributed by atoms with Crippen molar-refractivity contribution in [3.05, 3.63) is 0 Å². The molecule has 1 aliphatic carbocycles. The van der Waals surface area contributed by atoms with Crippen molar-refractivity contribution in [2.45, 2.75) is 49.4 Å². The van der Waals surface area contributed by atoms with E-state index in [1.54, 1.807) is 0 Å². The van der Waals surface area contributed by atoms with Gasteiger partial charge in [0.25, 0.3) is 5.91 Å². The second kappa shape index (κ2) is 8.15. The van der Waals surface area contributed by atoms with Gasteiger partial charge in [0, 0.05) is 12.6 Å². The number of hydrogen-bond acceptors (Lipinski definition) is 2. The van der Waals surface area contributed by atoms with E-state index >= 15 is 0 Å². The molecule has 0 unspecified atom stereocenters. The average molecular weight is 267 g/mol. The van der Waals surface area contributed by atoms with Crippen LogP contribution < -0.4 is 10.6 Å². The van der Waals surface area contributed by atoms with Gasteiger partial charge >= 0.3 is 0 Å². The lowest BCUT2D eigenvalue weighted by Gasteiger charge is -2.22. The summed E-state index contributed by atoms with van der Waals surface area (Å²) in [7, 11) is 0. The zero-order valence-corrected chi connectivity index (χ0v) is 11.0. The lowest BCUT2D eigenvalue weighted by Crippen LogP contribution is -2.35. The van der Waals surface area contributed by atoms with Crippen molar-refractivity contribution >= 4 is 29.1 Å². The van der Waals surface area contributed by atoms with E-state index < -0.39 is 4.84 Å². The molecule has 1 amide bonds. The number of amides is 1. The minimum Gasteiger partial charge on any atom is -0.354 e. The Morgan fingerprint density at radius 3 is 2.50 bits per heavy atom. The standard InChI is InChI=1S/C11H20Cl2N2O/c12-10(13)11(16)15-8-4-7-14-9-5-2-1-3-6-9/h9-10,14H,1-8H2,(H,15,16). The highest BCUT2D eigenvalue weighted by Gasteiger charge is 2.12. The smallest absolute Gasteiger partial charge is 0.253 e. The third kappa shape index (κ3) is 5.92. The van der Waals surface area contributed by atoms with Gasteiger partial charge < -0.3 is 10.6 Å². The van der Waals surface area contributed by atoms with Crippen molar-refractivity contribution in [3.63, 3.8) is 0 Å². The maximum Gasteiger partial charge on any atom is 0.253 e. The van der Waals surface area contributed by atoms with E-state index in [4.69, 9.17) is 23.2 Å². The van der Waals surface area contributed by atoms with Gasteiger partial charge in [0.05, 0.1) is 0 Å². The highest BCUT2D eigenvalue weighted by atomic mass is 35.5. The molecule has 1 fully saturated rings. The maximum atomic E-state index is 11.0. The number of nitrogens with one attached hydrogen (secondary N) is 2. The summed E-state index contributed by atoms with van der Waals surface area (Å²) in [4.78, 5) is 10.1. The highest BCUT2D eigenvalue weighted by Crippen LogP contribution is 2.17. The van der Waals surface area contributed by atoms with Gasteiger partial charge in [0.1, 0.15) is 0 Å². The van der Waals surface area contributed by atoms with E-state index in [-0.39, 0.29) is 5.91 Å². The van der Waals surface area contributed by atoms with Crippen molar-refractivity contribution in [3.8, 4) is 0 Å². The number of rotatable bonds is 6. The van der Waals surface area contributed by atoms with Crippen LogP contribution in [0.4, 0.5) is 0 Å². The molecule has 0 saturated heterocycles. The molecular formula is C11H20Cl2N2O.